The van der Waals surface area contributed by atoms with Crippen LogP contribution in [0.1, 0.15) is 40.7 Å². The standard InChI is InChI=1S/C25H28N4OS/c1-16-12-21(24-15-31-18(3)27-24)17(2)29(16)14-25(30)28-10-8-19(9-11-28)22-13-26-23-7-5-4-6-20(22)23/h4-7,12-13,15,19,26H,8-11,14H2,1-3H3. The Hall–Kier alpha value is -2.86. The van der Waals surface area contributed by atoms with Gasteiger partial charge in [-0.2, -0.15) is 0 Å². The third kappa shape index (κ3) is 3.69. The summed E-state index contributed by atoms with van der Waals surface area (Å²) in [5.74, 6) is 0.718. The normalized spacial score (nSPS) is 15.1. The highest BCUT2D eigenvalue weighted by Crippen LogP contribution is 2.33. The number of carbonyl (C=O) groups is 1. The van der Waals surface area contributed by atoms with Crippen molar-refractivity contribution in [3.05, 3.63) is 63.9 Å². The van der Waals surface area contributed by atoms with Crippen molar-refractivity contribution < 1.29 is 4.79 Å². The quantitative estimate of drug-likeness (QED) is 0.468. The van der Waals surface area contributed by atoms with Gasteiger partial charge < -0.3 is 14.5 Å². The smallest absolute Gasteiger partial charge is 0.242 e. The lowest BCUT2D eigenvalue weighted by atomic mass is 9.89. The van der Waals surface area contributed by atoms with Crippen LogP contribution >= 0.6 is 11.3 Å². The second kappa shape index (κ2) is 8.00. The minimum absolute atomic E-state index is 0.209. The Labute approximate surface area is 186 Å². The number of rotatable bonds is 4. The number of amides is 1. The van der Waals surface area contributed by atoms with Gasteiger partial charge in [-0.15, -0.1) is 11.3 Å². The summed E-state index contributed by atoms with van der Waals surface area (Å²) in [5.41, 5.74) is 6.95. The topological polar surface area (TPSA) is 53.9 Å². The summed E-state index contributed by atoms with van der Waals surface area (Å²) < 4.78 is 2.14. The first-order chi connectivity index (χ1) is 15.0. The monoisotopic (exact) mass is 432 g/mol. The molecule has 0 saturated carbocycles. The van der Waals surface area contributed by atoms with E-state index in [4.69, 9.17) is 0 Å². The number of carbonyl (C=O) groups excluding carboxylic acids is 1. The molecule has 0 spiro atoms. The van der Waals surface area contributed by atoms with Gasteiger partial charge in [0, 0.05) is 52.5 Å². The van der Waals surface area contributed by atoms with Gasteiger partial charge in [0.2, 0.25) is 5.91 Å². The molecule has 1 fully saturated rings. The fraction of sp³-hybridized carbons (Fsp3) is 0.360. The van der Waals surface area contributed by atoms with Gasteiger partial charge in [-0.1, -0.05) is 18.2 Å². The van der Waals surface area contributed by atoms with Crippen LogP contribution in [0.25, 0.3) is 22.2 Å². The predicted octanol–water partition coefficient (Wildman–Crippen LogP) is 5.42. The van der Waals surface area contributed by atoms with Crippen molar-refractivity contribution in [2.75, 3.05) is 13.1 Å². The lowest BCUT2D eigenvalue weighted by Gasteiger charge is -2.32. The number of likely N-dealkylation sites (tertiary alicyclic amines) is 1. The molecule has 1 saturated heterocycles. The van der Waals surface area contributed by atoms with Crippen LogP contribution in [0.15, 0.2) is 41.9 Å². The largest absolute Gasteiger partial charge is 0.361 e. The fourth-order valence-corrected chi connectivity index (χ4v) is 5.51. The maximum absolute atomic E-state index is 13.1. The van der Waals surface area contributed by atoms with Crippen molar-refractivity contribution in [2.45, 2.75) is 46.1 Å². The maximum Gasteiger partial charge on any atom is 0.242 e. The Morgan fingerprint density at radius 1 is 1.19 bits per heavy atom. The van der Waals surface area contributed by atoms with Crippen LogP contribution in [-0.4, -0.2) is 38.4 Å². The highest BCUT2D eigenvalue weighted by molar-refractivity contribution is 7.09. The number of nitrogens with zero attached hydrogens (tertiary/aromatic N) is 3. The lowest BCUT2D eigenvalue weighted by Crippen LogP contribution is -2.40. The molecule has 4 heterocycles. The minimum Gasteiger partial charge on any atom is -0.361 e. The van der Waals surface area contributed by atoms with E-state index in [0.717, 1.165) is 53.6 Å². The Morgan fingerprint density at radius 2 is 1.97 bits per heavy atom. The van der Waals surface area contributed by atoms with Crippen molar-refractivity contribution in [1.29, 1.82) is 0 Å². The maximum atomic E-state index is 13.1. The molecule has 1 aliphatic rings. The van der Waals surface area contributed by atoms with E-state index < -0.39 is 0 Å². The van der Waals surface area contributed by atoms with Gasteiger partial charge >= 0.3 is 0 Å². The first-order valence-electron chi connectivity index (χ1n) is 10.9. The zero-order valence-corrected chi connectivity index (χ0v) is 19.1. The highest BCUT2D eigenvalue weighted by atomic mass is 32.1. The van der Waals surface area contributed by atoms with Gasteiger partial charge in [-0.05, 0) is 57.2 Å². The summed E-state index contributed by atoms with van der Waals surface area (Å²) in [7, 11) is 0. The molecule has 1 aromatic carbocycles. The van der Waals surface area contributed by atoms with Crippen LogP contribution < -0.4 is 0 Å². The van der Waals surface area contributed by atoms with E-state index >= 15 is 0 Å². The van der Waals surface area contributed by atoms with Crippen LogP contribution in [0.4, 0.5) is 0 Å². The van der Waals surface area contributed by atoms with E-state index in [2.05, 4.69) is 70.3 Å². The second-order valence-corrected chi connectivity index (χ2v) is 9.63. The number of piperidine rings is 1. The van der Waals surface area contributed by atoms with Gasteiger partial charge in [0.15, 0.2) is 0 Å². The third-order valence-electron chi connectivity index (χ3n) is 6.67. The number of nitrogens with one attached hydrogen (secondary N) is 1. The van der Waals surface area contributed by atoms with Crippen LogP contribution in [-0.2, 0) is 11.3 Å². The molecule has 5 rings (SSSR count). The first kappa shape index (κ1) is 20.1. The number of aryl methyl sites for hydroxylation is 2. The van der Waals surface area contributed by atoms with E-state index in [9.17, 15) is 4.79 Å². The van der Waals surface area contributed by atoms with Crippen molar-refractivity contribution in [1.82, 2.24) is 19.4 Å². The summed E-state index contributed by atoms with van der Waals surface area (Å²) in [4.78, 5) is 23.2. The van der Waals surface area contributed by atoms with Crippen molar-refractivity contribution >= 4 is 28.1 Å². The summed E-state index contributed by atoms with van der Waals surface area (Å²) in [6.45, 7) is 8.23. The number of H-pyrrole nitrogens is 1. The molecule has 1 aliphatic heterocycles. The number of fused-ring (bicyclic) bond motifs is 1. The van der Waals surface area contributed by atoms with Crippen LogP contribution in [0.3, 0.4) is 0 Å². The predicted molar refractivity (Wildman–Crippen MR) is 127 cm³/mol. The van der Waals surface area contributed by atoms with Crippen LogP contribution in [0, 0.1) is 20.8 Å². The van der Waals surface area contributed by atoms with E-state index in [1.807, 2.05) is 11.8 Å². The molecule has 3 aromatic heterocycles. The van der Waals surface area contributed by atoms with E-state index in [-0.39, 0.29) is 5.91 Å². The number of hydrogen-bond acceptors (Lipinski definition) is 3. The van der Waals surface area contributed by atoms with Crippen molar-refractivity contribution in [2.24, 2.45) is 0 Å². The second-order valence-electron chi connectivity index (χ2n) is 8.57. The molecule has 0 unspecified atom stereocenters. The number of para-hydroxylation sites is 1. The Kier molecular flexibility index (Phi) is 5.18. The number of hydrogen-bond donors (Lipinski definition) is 1. The molecule has 5 nitrogen and oxygen atoms in total. The Morgan fingerprint density at radius 3 is 2.71 bits per heavy atom. The van der Waals surface area contributed by atoms with E-state index in [1.165, 1.54) is 16.5 Å². The van der Waals surface area contributed by atoms with Gasteiger partial charge in [0.05, 0.1) is 10.7 Å². The highest BCUT2D eigenvalue weighted by Gasteiger charge is 2.26. The van der Waals surface area contributed by atoms with Crippen molar-refractivity contribution in [3.8, 4) is 11.3 Å². The molecule has 0 aliphatic carbocycles. The summed E-state index contributed by atoms with van der Waals surface area (Å²) in [5, 5.41) is 4.48. The van der Waals surface area contributed by atoms with Gasteiger partial charge in [-0.3, -0.25) is 4.79 Å². The fourth-order valence-electron chi connectivity index (χ4n) is 4.90. The van der Waals surface area contributed by atoms with Crippen LogP contribution in [0.5, 0.6) is 0 Å². The molecule has 31 heavy (non-hydrogen) atoms. The molecule has 1 N–H and O–H groups in total. The lowest BCUT2D eigenvalue weighted by molar-refractivity contribution is -0.132. The molecule has 160 valence electrons. The molecule has 6 heteroatoms. The molecular formula is C25H28N4OS. The zero-order chi connectivity index (χ0) is 21.5. The molecule has 4 aromatic rings. The SMILES string of the molecule is Cc1nc(-c2cc(C)n(CC(=O)N3CCC(c4c[nH]c5ccccc45)CC3)c2C)cs1. The number of thiazole rings is 1. The molecule has 0 radical (unpaired) electrons. The summed E-state index contributed by atoms with van der Waals surface area (Å²) >= 11 is 1.66. The average Bonchev–Trinajstić information content (AvgIpc) is 3.47. The minimum atomic E-state index is 0.209. The van der Waals surface area contributed by atoms with Gasteiger partial charge in [0.25, 0.3) is 0 Å². The molecule has 0 atom stereocenters. The number of aromatic nitrogens is 3. The van der Waals surface area contributed by atoms with E-state index in [0.29, 0.717) is 12.5 Å². The number of benzene rings is 1. The number of aromatic amines is 1. The summed E-state index contributed by atoms with van der Waals surface area (Å²) in [6.07, 6.45) is 4.18. The summed E-state index contributed by atoms with van der Waals surface area (Å²) in [6, 6.07) is 10.6. The van der Waals surface area contributed by atoms with Crippen LogP contribution in [0.2, 0.25) is 0 Å². The Bertz CT molecular complexity index is 1240. The molecule has 1 amide bonds. The third-order valence-corrected chi connectivity index (χ3v) is 7.44. The molecular weight excluding hydrogens is 404 g/mol. The Balaban J connectivity index is 1.27. The molecule has 0 bridgehead atoms. The first-order valence-corrected chi connectivity index (χ1v) is 11.8. The zero-order valence-electron chi connectivity index (χ0n) is 18.3. The van der Waals surface area contributed by atoms with Crippen molar-refractivity contribution in [3.63, 3.8) is 0 Å². The van der Waals surface area contributed by atoms with Gasteiger partial charge in [-0.25, -0.2) is 4.98 Å². The average molecular weight is 433 g/mol. The van der Waals surface area contributed by atoms with E-state index in [1.54, 1.807) is 11.3 Å². The van der Waals surface area contributed by atoms with Gasteiger partial charge in [0.1, 0.15) is 6.54 Å².